The molecule has 0 unspecified atom stereocenters. The van der Waals surface area contributed by atoms with E-state index in [2.05, 4.69) is 46.9 Å². The molecule has 1 nitrogen and oxygen atoms in total. The molecule has 0 heterocycles. The molecule has 1 N–H and O–H groups in total. The van der Waals surface area contributed by atoms with Crippen LogP contribution < -0.4 is 5.32 Å². The van der Waals surface area contributed by atoms with E-state index in [0.29, 0.717) is 12.0 Å². The van der Waals surface area contributed by atoms with Crippen LogP contribution >= 0.6 is 0 Å². The molecular weight excluding hydrogens is 134 g/mol. The number of hydrogen-bond donors (Lipinski definition) is 1. The van der Waals surface area contributed by atoms with E-state index in [1.165, 1.54) is 11.3 Å². The smallest absolute Gasteiger partial charge is 0.0201 e. The van der Waals surface area contributed by atoms with Crippen molar-refractivity contribution in [2.75, 3.05) is 0 Å². The predicted octanol–water partition coefficient (Wildman–Crippen LogP) is 2.93. The molecule has 0 aromatic heterocycles. The molecule has 0 fully saturated rings. The Labute approximate surface area is 70.9 Å². The quantitative estimate of drug-likeness (QED) is 0.660. The summed E-state index contributed by atoms with van der Waals surface area (Å²) in [5.74, 6) is 0.613. The van der Waals surface area contributed by atoms with E-state index in [9.17, 15) is 0 Å². The number of nitrogens with one attached hydrogen (secondary N) is 1. The molecule has 0 radical (unpaired) electrons. The second-order valence-electron chi connectivity index (χ2n) is 3.87. The van der Waals surface area contributed by atoms with Crippen molar-refractivity contribution in [1.82, 2.24) is 5.32 Å². The van der Waals surface area contributed by atoms with Gasteiger partial charge in [0.15, 0.2) is 0 Å². The Morgan fingerprint density at radius 2 is 1.45 bits per heavy atom. The van der Waals surface area contributed by atoms with Gasteiger partial charge in [-0.2, -0.15) is 0 Å². The molecule has 0 aliphatic carbocycles. The average molecular weight is 155 g/mol. The molecule has 0 aliphatic rings. The van der Waals surface area contributed by atoms with Gasteiger partial charge in [-0.15, -0.1) is 0 Å². The van der Waals surface area contributed by atoms with Crippen LogP contribution in [0, 0.1) is 5.92 Å². The Balaban J connectivity index is 4.26. The summed E-state index contributed by atoms with van der Waals surface area (Å²) < 4.78 is 0. The molecular formula is C10H21N. The number of hydrogen-bond acceptors (Lipinski definition) is 1. The molecule has 0 aromatic carbocycles. The first kappa shape index (κ1) is 10.5. The van der Waals surface area contributed by atoms with Crippen LogP contribution in [0.25, 0.3) is 0 Å². The fourth-order valence-electron chi connectivity index (χ4n) is 1.20. The molecule has 0 amide bonds. The van der Waals surface area contributed by atoms with Crippen LogP contribution in [0.15, 0.2) is 11.3 Å². The lowest BCUT2D eigenvalue weighted by molar-refractivity contribution is 0.581. The minimum absolute atomic E-state index is 0.544. The second kappa shape index (κ2) is 4.42. The molecule has 66 valence electrons. The molecule has 1 heteroatoms. The van der Waals surface area contributed by atoms with Gasteiger partial charge in [0.1, 0.15) is 0 Å². The summed E-state index contributed by atoms with van der Waals surface area (Å²) in [4.78, 5) is 0. The largest absolute Gasteiger partial charge is 0.386 e. The van der Waals surface area contributed by atoms with Gasteiger partial charge < -0.3 is 5.32 Å². The van der Waals surface area contributed by atoms with E-state index >= 15 is 0 Å². The van der Waals surface area contributed by atoms with Gasteiger partial charge in [-0.3, -0.25) is 0 Å². The maximum Gasteiger partial charge on any atom is 0.0201 e. The average Bonchev–Trinajstić information content (AvgIpc) is 1.81. The summed E-state index contributed by atoms with van der Waals surface area (Å²) >= 11 is 0. The monoisotopic (exact) mass is 155 g/mol. The topological polar surface area (TPSA) is 12.0 Å². The van der Waals surface area contributed by atoms with E-state index in [4.69, 9.17) is 0 Å². The van der Waals surface area contributed by atoms with Crippen LogP contribution in [0.2, 0.25) is 0 Å². The maximum atomic E-state index is 3.46. The van der Waals surface area contributed by atoms with Crippen molar-refractivity contribution in [3.63, 3.8) is 0 Å². The minimum atomic E-state index is 0.544. The SMILES string of the molecule is CC(C)=C(NC(C)C)C(C)C. The molecule has 0 spiro atoms. The Kier molecular flexibility index (Phi) is 4.24. The Bertz CT molecular complexity index is 139. The van der Waals surface area contributed by atoms with Crippen LogP contribution in [0.4, 0.5) is 0 Å². The summed E-state index contributed by atoms with van der Waals surface area (Å²) in [6.45, 7) is 13.1. The van der Waals surface area contributed by atoms with E-state index in [1.54, 1.807) is 0 Å². The van der Waals surface area contributed by atoms with Crippen molar-refractivity contribution < 1.29 is 0 Å². The van der Waals surface area contributed by atoms with Crippen LogP contribution in [0.5, 0.6) is 0 Å². The van der Waals surface area contributed by atoms with Gasteiger partial charge >= 0.3 is 0 Å². The summed E-state index contributed by atoms with van der Waals surface area (Å²) in [6, 6.07) is 0.544. The Morgan fingerprint density at radius 1 is 1.00 bits per heavy atom. The Morgan fingerprint density at radius 3 is 1.55 bits per heavy atom. The molecule has 0 saturated carbocycles. The first-order valence-electron chi connectivity index (χ1n) is 4.39. The van der Waals surface area contributed by atoms with Gasteiger partial charge in [0.25, 0.3) is 0 Å². The first-order chi connectivity index (χ1) is 4.95. The lowest BCUT2D eigenvalue weighted by Crippen LogP contribution is -2.25. The van der Waals surface area contributed by atoms with Gasteiger partial charge in [0.05, 0.1) is 0 Å². The third-order valence-electron chi connectivity index (χ3n) is 1.56. The highest BCUT2D eigenvalue weighted by Crippen LogP contribution is 2.11. The lowest BCUT2D eigenvalue weighted by Gasteiger charge is -2.19. The summed E-state index contributed by atoms with van der Waals surface area (Å²) in [6.07, 6.45) is 0. The fraction of sp³-hybridized carbons (Fsp3) is 0.800. The number of allylic oxidation sites excluding steroid dienone is 2. The zero-order valence-corrected chi connectivity index (χ0v) is 8.65. The molecule has 0 saturated heterocycles. The molecule has 0 atom stereocenters. The maximum absolute atomic E-state index is 3.46. The van der Waals surface area contributed by atoms with Gasteiger partial charge in [0, 0.05) is 11.7 Å². The lowest BCUT2D eigenvalue weighted by atomic mass is 10.1. The van der Waals surface area contributed by atoms with Crippen LogP contribution in [0.3, 0.4) is 0 Å². The van der Waals surface area contributed by atoms with Gasteiger partial charge in [-0.25, -0.2) is 0 Å². The standard InChI is InChI=1S/C10H21N/c1-7(2)10(8(3)4)11-9(5)6/h7,9,11H,1-6H3. The van der Waals surface area contributed by atoms with E-state index in [1.807, 2.05) is 0 Å². The molecule has 0 rings (SSSR count). The second-order valence-corrected chi connectivity index (χ2v) is 3.87. The summed E-state index contributed by atoms with van der Waals surface area (Å²) in [5.41, 5.74) is 2.79. The van der Waals surface area contributed by atoms with E-state index < -0.39 is 0 Å². The predicted molar refractivity (Wildman–Crippen MR) is 51.5 cm³/mol. The van der Waals surface area contributed by atoms with Crippen LogP contribution in [-0.4, -0.2) is 6.04 Å². The highest BCUT2D eigenvalue weighted by Gasteiger charge is 2.05. The fourth-order valence-corrected chi connectivity index (χ4v) is 1.20. The van der Waals surface area contributed by atoms with Crippen molar-refractivity contribution in [3.8, 4) is 0 Å². The normalized spacial score (nSPS) is 10.5. The highest BCUT2D eigenvalue weighted by atomic mass is 14.9. The molecule has 0 bridgehead atoms. The summed E-state index contributed by atoms with van der Waals surface area (Å²) in [5, 5.41) is 3.46. The van der Waals surface area contributed by atoms with E-state index in [0.717, 1.165) is 0 Å². The van der Waals surface area contributed by atoms with Crippen molar-refractivity contribution in [3.05, 3.63) is 11.3 Å². The van der Waals surface area contributed by atoms with Gasteiger partial charge in [0.2, 0.25) is 0 Å². The first-order valence-corrected chi connectivity index (χ1v) is 4.39. The molecule has 0 aliphatic heterocycles. The van der Waals surface area contributed by atoms with Gasteiger partial charge in [-0.1, -0.05) is 19.4 Å². The molecule has 11 heavy (non-hydrogen) atoms. The van der Waals surface area contributed by atoms with Crippen molar-refractivity contribution in [2.24, 2.45) is 5.92 Å². The summed E-state index contributed by atoms with van der Waals surface area (Å²) in [7, 11) is 0. The van der Waals surface area contributed by atoms with Crippen molar-refractivity contribution >= 4 is 0 Å². The van der Waals surface area contributed by atoms with Crippen LogP contribution in [0.1, 0.15) is 41.5 Å². The third-order valence-corrected chi connectivity index (χ3v) is 1.56. The van der Waals surface area contributed by atoms with Crippen LogP contribution in [-0.2, 0) is 0 Å². The minimum Gasteiger partial charge on any atom is -0.386 e. The zero-order chi connectivity index (χ0) is 9.02. The molecule has 0 aromatic rings. The van der Waals surface area contributed by atoms with E-state index in [-0.39, 0.29) is 0 Å². The number of rotatable bonds is 3. The third kappa shape index (κ3) is 4.07. The highest BCUT2D eigenvalue weighted by molar-refractivity contribution is 5.10. The van der Waals surface area contributed by atoms with Crippen molar-refractivity contribution in [2.45, 2.75) is 47.6 Å². The van der Waals surface area contributed by atoms with Crippen molar-refractivity contribution in [1.29, 1.82) is 0 Å². The van der Waals surface area contributed by atoms with Gasteiger partial charge in [-0.05, 0) is 33.6 Å². The zero-order valence-electron chi connectivity index (χ0n) is 8.65. The Hall–Kier alpha value is -0.460.